The average molecular weight is 236 g/mol. The SMILES string of the molecule is COC(=O)C(C)CS(=O)(=O)C1CCOC1. The summed E-state index contributed by atoms with van der Waals surface area (Å²) < 4.78 is 33.1. The van der Waals surface area contributed by atoms with Crippen LogP contribution in [0.1, 0.15) is 13.3 Å². The van der Waals surface area contributed by atoms with Crippen LogP contribution >= 0.6 is 0 Å². The molecule has 0 aromatic heterocycles. The highest BCUT2D eigenvalue weighted by atomic mass is 32.2. The maximum absolute atomic E-state index is 11.8. The minimum atomic E-state index is -3.24. The lowest BCUT2D eigenvalue weighted by Crippen LogP contribution is -2.30. The number of ether oxygens (including phenoxy) is 2. The Labute approximate surface area is 89.7 Å². The Kier molecular flexibility index (Phi) is 4.10. The third-order valence-electron chi connectivity index (χ3n) is 2.48. The summed E-state index contributed by atoms with van der Waals surface area (Å²) in [5.41, 5.74) is 0. The lowest BCUT2D eigenvalue weighted by Gasteiger charge is -2.13. The molecule has 0 aromatic carbocycles. The largest absolute Gasteiger partial charge is 0.469 e. The fraction of sp³-hybridized carbons (Fsp3) is 0.889. The molecule has 1 saturated heterocycles. The van der Waals surface area contributed by atoms with Crippen molar-refractivity contribution in [2.75, 3.05) is 26.1 Å². The summed E-state index contributed by atoms with van der Waals surface area (Å²) in [5, 5.41) is -0.454. The number of rotatable bonds is 4. The Morgan fingerprint density at radius 1 is 1.60 bits per heavy atom. The summed E-state index contributed by atoms with van der Waals surface area (Å²) in [6, 6.07) is 0. The first kappa shape index (κ1) is 12.4. The van der Waals surface area contributed by atoms with Crippen LogP contribution in [-0.4, -0.2) is 45.7 Å². The maximum atomic E-state index is 11.8. The summed E-state index contributed by atoms with van der Waals surface area (Å²) in [5.74, 6) is -1.26. The van der Waals surface area contributed by atoms with Gasteiger partial charge in [0.15, 0.2) is 9.84 Å². The van der Waals surface area contributed by atoms with Crippen molar-refractivity contribution >= 4 is 15.8 Å². The maximum Gasteiger partial charge on any atom is 0.309 e. The molecule has 2 atom stereocenters. The van der Waals surface area contributed by atoms with E-state index in [0.29, 0.717) is 13.0 Å². The Bertz CT molecular complexity index is 315. The number of carbonyl (C=O) groups is 1. The molecule has 0 saturated carbocycles. The molecule has 6 heteroatoms. The third-order valence-corrected chi connectivity index (χ3v) is 4.83. The van der Waals surface area contributed by atoms with Gasteiger partial charge in [-0.2, -0.15) is 0 Å². The van der Waals surface area contributed by atoms with Gasteiger partial charge in [0, 0.05) is 6.61 Å². The van der Waals surface area contributed by atoms with E-state index in [2.05, 4.69) is 4.74 Å². The molecule has 1 rings (SSSR count). The van der Waals surface area contributed by atoms with Crippen molar-refractivity contribution in [3.05, 3.63) is 0 Å². The van der Waals surface area contributed by atoms with Crippen molar-refractivity contribution < 1.29 is 22.7 Å². The van der Waals surface area contributed by atoms with E-state index in [9.17, 15) is 13.2 Å². The molecular formula is C9H16O5S. The fourth-order valence-electron chi connectivity index (χ4n) is 1.55. The summed E-state index contributed by atoms with van der Waals surface area (Å²) in [4.78, 5) is 11.1. The van der Waals surface area contributed by atoms with E-state index in [1.54, 1.807) is 6.92 Å². The van der Waals surface area contributed by atoms with Gasteiger partial charge >= 0.3 is 5.97 Å². The fourth-order valence-corrected chi connectivity index (χ4v) is 3.41. The molecule has 0 amide bonds. The molecule has 0 radical (unpaired) electrons. The van der Waals surface area contributed by atoms with Crippen molar-refractivity contribution in [1.29, 1.82) is 0 Å². The van der Waals surface area contributed by atoms with E-state index in [0.717, 1.165) is 0 Å². The van der Waals surface area contributed by atoms with Gasteiger partial charge in [-0.05, 0) is 6.42 Å². The van der Waals surface area contributed by atoms with Gasteiger partial charge < -0.3 is 9.47 Å². The molecule has 1 aliphatic rings. The zero-order valence-electron chi connectivity index (χ0n) is 8.93. The smallest absolute Gasteiger partial charge is 0.309 e. The second kappa shape index (κ2) is 4.94. The Morgan fingerprint density at radius 2 is 2.27 bits per heavy atom. The van der Waals surface area contributed by atoms with Crippen LogP contribution in [0.25, 0.3) is 0 Å². The van der Waals surface area contributed by atoms with Crippen molar-refractivity contribution in [3.63, 3.8) is 0 Å². The van der Waals surface area contributed by atoms with Gasteiger partial charge in [-0.25, -0.2) is 8.42 Å². The number of hydrogen-bond donors (Lipinski definition) is 0. The Balaban J connectivity index is 2.59. The molecule has 88 valence electrons. The normalized spacial score (nSPS) is 23.7. The van der Waals surface area contributed by atoms with E-state index in [1.165, 1.54) is 7.11 Å². The molecule has 2 unspecified atom stereocenters. The van der Waals surface area contributed by atoms with Gasteiger partial charge in [0.25, 0.3) is 0 Å². The average Bonchev–Trinajstić information content (AvgIpc) is 2.69. The van der Waals surface area contributed by atoms with Gasteiger partial charge in [0.05, 0.1) is 30.6 Å². The van der Waals surface area contributed by atoms with Gasteiger partial charge in [-0.1, -0.05) is 6.92 Å². The van der Waals surface area contributed by atoms with Crippen LogP contribution in [0, 0.1) is 5.92 Å². The van der Waals surface area contributed by atoms with Crippen LogP contribution < -0.4 is 0 Å². The number of sulfone groups is 1. The molecular weight excluding hydrogens is 220 g/mol. The van der Waals surface area contributed by atoms with Crippen LogP contribution in [0.4, 0.5) is 0 Å². The molecule has 0 spiro atoms. The number of esters is 1. The zero-order valence-corrected chi connectivity index (χ0v) is 9.75. The van der Waals surface area contributed by atoms with Crippen LogP contribution in [0.3, 0.4) is 0 Å². The van der Waals surface area contributed by atoms with Gasteiger partial charge in [-0.3, -0.25) is 4.79 Å². The lowest BCUT2D eigenvalue weighted by molar-refractivity contribution is -0.144. The molecule has 0 aromatic rings. The van der Waals surface area contributed by atoms with Crippen LogP contribution in [-0.2, 0) is 24.1 Å². The quantitative estimate of drug-likeness (QED) is 0.643. The van der Waals surface area contributed by atoms with E-state index in [4.69, 9.17) is 4.74 Å². The first-order valence-corrected chi connectivity index (χ1v) is 6.56. The van der Waals surface area contributed by atoms with Gasteiger partial charge in [0.1, 0.15) is 0 Å². The van der Waals surface area contributed by atoms with Gasteiger partial charge in [-0.15, -0.1) is 0 Å². The van der Waals surface area contributed by atoms with E-state index < -0.39 is 27.0 Å². The first-order chi connectivity index (χ1) is 6.97. The van der Waals surface area contributed by atoms with Crippen molar-refractivity contribution in [2.24, 2.45) is 5.92 Å². The van der Waals surface area contributed by atoms with Crippen molar-refractivity contribution in [3.8, 4) is 0 Å². The van der Waals surface area contributed by atoms with E-state index in [-0.39, 0.29) is 12.4 Å². The molecule has 0 aliphatic carbocycles. The molecule has 1 aliphatic heterocycles. The molecule has 15 heavy (non-hydrogen) atoms. The number of methoxy groups -OCH3 is 1. The number of carbonyl (C=O) groups excluding carboxylic acids is 1. The van der Waals surface area contributed by atoms with E-state index >= 15 is 0 Å². The summed E-state index contributed by atoms with van der Waals surface area (Å²) >= 11 is 0. The first-order valence-electron chi connectivity index (χ1n) is 4.84. The van der Waals surface area contributed by atoms with Gasteiger partial charge in [0.2, 0.25) is 0 Å². The second-order valence-electron chi connectivity index (χ2n) is 3.74. The van der Waals surface area contributed by atoms with Crippen molar-refractivity contribution in [1.82, 2.24) is 0 Å². The predicted molar refractivity (Wildman–Crippen MR) is 54.2 cm³/mol. The standard InChI is InChI=1S/C9H16O5S/c1-7(9(10)13-2)6-15(11,12)8-3-4-14-5-8/h7-8H,3-6H2,1-2H3. The molecule has 5 nitrogen and oxygen atoms in total. The minimum absolute atomic E-state index is 0.159. The molecule has 1 heterocycles. The summed E-state index contributed by atoms with van der Waals surface area (Å²) in [6.07, 6.45) is 0.524. The van der Waals surface area contributed by atoms with E-state index in [1.807, 2.05) is 0 Å². The van der Waals surface area contributed by atoms with Crippen LogP contribution in [0.5, 0.6) is 0 Å². The lowest BCUT2D eigenvalue weighted by atomic mass is 10.2. The highest BCUT2D eigenvalue weighted by Gasteiger charge is 2.32. The summed E-state index contributed by atoms with van der Waals surface area (Å²) in [6.45, 7) is 2.28. The highest BCUT2D eigenvalue weighted by Crippen LogP contribution is 2.17. The second-order valence-corrected chi connectivity index (χ2v) is 6.07. The topological polar surface area (TPSA) is 69.7 Å². The molecule has 0 bridgehead atoms. The third kappa shape index (κ3) is 3.17. The van der Waals surface area contributed by atoms with Crippen LogP contribution in [0.2, 0.25) is 0 Å². The number of hydrogen-bond acceptors (Lipinski definition) is 5. The molecule has 1 fully saturated rings. The summed E-state index contributed by atoms with van der Waals surface area (Å²) in [7, 11) is -1.99. The Morgan fingerprint density at radius 3 is 2.73 bits per heavy atom. The van der Waals surface area contributed by atoms with Crippen molar-refractivity contribution in [2.45, 2.75) is 18.6 Å². The predicted octanol–water partition coefficient (Wildman–Crippen LogP) is -0.000800. The zero-order chi connectivity index (χ0) is 11.5. The molecule has 0 N–H and O–H groups in total. The minimum Gasteiger partial charge on any atom is -0.469 e. The highest BCUT2D eigenvalue weighted by molar-refractivity contribution is 7.92. The van der Waals surface area contributed by atoms with Crippen LogP contribution in [0.15, 0.2) is 0 Å². The monoisotopic (exact) mass is 236 g/mol. The Hall–Kier alpha value is -0.620.